The highest BCUT2D eigenvalue weighted by molar-refractivity contribution is 5.96. The number of rotatable bonds is 8. The number of ether oxygens (including phenoxy) is 3. The molecule has 0 fully saturated rings. The summed E-state index contributed by atoms with van der Waals surface area (Å²) >= 11 is 0. The predicted octanol–water partition coefficient (Wildman–Crippen LogP) is 3.85. The molecule has 0 bridgehead atoms. The van der Waals surface area contributed by atoms with E-state index in [1.54, 1.807) is 24.3 Å². The average molecular weight is 383 g/mol. The molecule has 0 heterocycles. The van der Waals surface area contributed by atoms with Crippen LogP contribution in [0.15, 0.2) is 48.5 Å². The first-order chi connectivity index (χ1) is 13.5. The molecule has 2 aromatic rings. The van der Waals surface area contributed by atoms with Crippen LogP contribution < -0.4 is 14.8 Å². The lowest BCUT2D eigenvalue weighted by Crippen LogP contribution is -2.29. The number of esters is 1. The number of carbonyl (C=O) groups excluding carboxylic acids is 2. The van der Waals surface area contributed by atoms with E-state index in [0.29, 0.717) is 22.7 Å². The summed E-state index contributed by atoms with van der Waals surface area (Å²) in [5, 5.41) is 2.73. The summed E-state index contributed by atoms with van der Waals surface area (Å²) in [7, 11) is 3.06. The SMILES string of the molecule is CCc1ccc(NC(=O)C(C)OC(=O)/C=C/c2cccc(OC)c2OC)cc1. The molecule has 2 aromatic carbocycles. The van der Waals surface area contributed by atoms with Crippen molar-refractivity contribution in [3.05, 3.63) is 59.7 Å². The zero-order chi connectivity index (χ0) is 20.5. The first kappa shape index (κ1) is 21.0. The van der Waals surface area contributed by atoms with E-state index in [4.69, 9.17) is 14.2 Å². The van der Waals surface area contributed by atoms with Gasteiger partial charge >= 0.3 is 5.97 Å². The second-order valence-corrected chi connectivity index (χ2v) is 6.03. The van der Waals surface area contributed by atoms with Crippen molar-refractivity contribution in [3.8, 4) is 11.5 Å². The normalized spacial score (nSPS) is 11.7. The largest absolute Gasteiger partial charge is 0.493 e. The Morgan fingerprint density at radius 1 is 1.07 bits per heavy atom. The fourth-order valence-electron chi connectivity index (χ4n) is 2.54. The smallest absolute Gasteiger partial charge is 0.331 e. The van der Waals surface area contributed by atoms with Gasteiger partial charge in [-0.15, -0.1) is 0 Å². The zero-order valence-electron chi connectivity index (χ0n) is 16.5. The molecule has 0 aromatic heterocycles. The van der Waals surface area contributed by atoms with Crippen LogP contribution in [0.2, 0.25) is 0 Å². The number of carbonyl (C=O) groups is 2. The van der Waals surface area contributed by atoms with Crippen LogP contribution in [0.25, 0.3) is 6.08 Å². The third kappa shape index (κ3) is 5.61. The summed E-state index contributed by atoms with van der Waals surface area (Å²) in [6, 6.07) is 12.8. The van der Waals surface area contributed by atoms with Crippen molar-refractivity contribution in [3.63, 3.8) is 0 Å². The summed E-state index contributed by atoms with van der Waals surface area (Å²) in [5.41, 5.74) is 2.49. The number of nitrogens with one attached hydrogen (secondary N) is 1. The van der Waals surface area contributed by atoms with Gasteiger partial charge in [0.15, 0.2) is 17.6 Å². The number of methoxy groups -OCH3 is 2. The number of hydrogen-bond donors (Lipinski definition) is 1. The molecule has 0 spiro atoms. The summed E-state index contributed by atoms with van der Waals surface area (Å²) in [6.07, 6.45) is 2.79. The van der Waals surface area contributed by atoms with Crippen LogP contribution in [-0.4, -0.2) is 32.2 Å². The highest BCUT2D eigenvalue weighted by atomic mass is 16.5. The van der Waals surface area contributed by atoms with E-state index < -0.39 is 18.0 Å². The van der Waals surface area contributed by atoms with Gasteiger partial charge in [-0.3, -0.25) is 4.79 Å². The number of anilines is 1. The standard InChI is InChI=1S/C22H25NO5/c1-5-16-9-12-18(13-10-16)23-22(25)15(2)28-20(24)14-11-17-7-6-8-19(26-3)21(17)27-4/h6-15H,5H2,1-4H3,(H,23,25)/b14-11+. The molecule has 0 aliphatic rings. The van der Waals surface area contributed by atoms with Crippen LogP contribution in [0.5, 0.6) is 11.5 Å². The lowest BCUT2D eigenvalue weighted by molar-refractivity contribution is -0.148. The van der Waals surface area contributed by atoms with E-state index in [-0.39, 0.29) is 0 Å². The minimum absolute atomic E-state index is 0.398. The maximum absolute atomic E-state index is 12.2. The van der Waals surface area contributed by atoms with Gasteiger partial charge in [-0.2, -0.15) is 0 Å². The fraction of sp³-hybridized carbons (Fsp3) is 0.273. The molecule has 1 N–H and O–H groups in total. The third-order valence-electron chi connectivity index (χ3n) is 4.12. The Kier molecular flexibility index (Phi) is 7.63. The minimum atomic E-state index is -0.935. The maximum atomic E-state index is 12.2. The van der Waals surface area contributed by atoms with Gasteiger partial charge in [-0.05, 0) is 43.2 Å². The number of aryl methyl sites for hydroxylation is 1. The zero-order valence-corrected chi connectivity index (χ0v) is 16.5. The van der Waals surface area contributed by atoms with E-state index in [0.717, 1.165) is 6.42 Å². The Balaban J connectivity index is 1.96. The Morgan fingerprint density at radius 3 is 2.39 bits per heavy atom. The summed E-state index contributed by atoms with van der Waals surface area (Å²) in [6.45, 7) is 3.58. The molecule has 0 aliphatic carbocycles. The molecule has 6 heteroatoms. The molecule has 1 atom stereocenters. The van der Waals surface area contributed by atoms with Crippen molar-refractivity contribution in [1.82, 2.24) is 0 Å². The molecule has 0 radical (unpaired) electrons. The third-order valence-corrected chi connectivity index (χ3v) is 4.12. The van der Waals surface area contributed by atoms with Crippen molar-refractivity contribution in [1.29, 1.82) is 0 Å². The van der Waals surface area contributed by atoms with Crippen molar-refractivity contribution in [2.75, 3.05) is 19.5 Å². The Bertz CT molecular complexity index is 843. The van der Waals surface area contributed by atoms with E-state index >= 15 is 0 Å². The highest BCUT2D eigenvalue weighted by Gasteiger charge is 2.17. The molecular weight excluding hydrogens is 358 g/mol. The molecular formula is C22H25NO5. The molecule has 0 aliphatic heterocycles. The van der Waals surface area contributed by atoms with Gasteiger partial charge in [0.2, 0.25) is 0 Å². The molecule has 0 saturated heterocycles. The second-order valence-electron chi connectivity index (χ2n) is 6.03. The predicted molar refractivity (Wildman–Crippen MR) is 109 cm³/mol. The van der Waals surface area contributed by atoms with Crippen molar-refractivity contribution in [2.45, 2.75) is 26.4 Å². The van der Waals surface area contributed by atoms with Gasteiger partial charge in [-0.1, -0.05) is 31.2 Å². The van der Waals surface area contributed by atoms with Gasteiger partial charge in [0.1, 0.15) is 0 Å². The van der Waals surface area contributed by atoms with Crippen LogP contribution in [0.4, 0.5) is 5.69 Å². The monoisotopic (exact) mass is 383 g/mol. The average Bonchev–Trinajstić information content (AvgIpc) is 2.72. The summed E-state index contributed by atoms with van der Waals surface area (Å²) in [5.74, 6) is 0.0361. The second kappa shape index (κ2) is 10.2. The quantitative estimate of drug-likeness (QED) is 0.554. The van der Waals surface area contributed by atoms with Crippen LogP contribution in [0.1, 0.15) is 25.0 Å². The maximum Gasteiger partial charge on any atom is 0.331 e. The molecule has 1 unspecified atom stereocenters. The van der Waals surface area contributed by atoms with E-state index in [1.165, 1.54) is 32.8 Å². The van der Waals surface area contributed by atoms with Crippen LogP contribution in [0.3, 0.4) is 0 Å². The van der Waals surface area contributed by atoms with Crippen molar-refractivity contribution >= 4 is 23.6 Å². The Morgan fingerprint density at radius 2 is 1.79 bits per heavy atom. The van der Waals surface area contributed by atoms with E-state index in [1.807, 2.05) is 24.3 Å². The van der Waals surface area contributed by atoms with Gasteiger partial charge < -0.3 is 19.5 Å². The molecule has 148 valence electrons. The number of hydrogen-bond acceptors (Lipinski definition) is 5. The first-order valence-corrected chi connectivity index (χ1v) is 8.98. The Hall–Kier alpha value is -3.28. The molecule has 1 amide bonds. The number of para-hydroxylation sites is 1. The van der Waals surface area contributed by atoms with Gasteiger partial charge in [0.05, 0.1) is 14.2 Å². The van der Waals surface area contributed by atoms with Crippen molar-refractivity contribution < 1.29 is 23.8 Å². The topological polar surface area (TPSA) is 73.9 Å². The molecule has 2 rings (SSSR count). The lowest BCUT2D eigenvalue weighted by atomic mass is 10.1. The number of benzene rings is 2. The van der Waals surface area contributed by atoms with Gasteiger partial charge in [-0.25, -0.2) is 4.79 Å². The van der Waals surface area contributed by atoms with Gasteiger partial charge in [0, 0.05) is 17.3 Å². The summed E-state index contributed by atoms with van der Waals surface area (Å²) in [4.78, 5) is 24.3. The highest BCUT2D eigenvalue weighted by Crippen LogP contribution is 2.31. The minimum Gasteiger partial charge on any atom is -0.493 e. The van der Waals surface area contributed by atoms with Crippen LogP contribution in [-0.2, 0) is 20.7 Å². The summed E-state index contributed by atoms with van der Waals surface area (Å²) < 4.78 is 15.7. The van der Waals surface area contributed by atoms with E-state index in [2.05, 4.69) is 12.2 Å². The van der Waals surface area contributed by atoms with Crippen LogP contribution in [0, 0.1) is 0 Å². The van der Waals surface area contributed by atoms with Crippen molar-refractivity contribution in [2.24, 2.45) is 0 Å². The number of amides is 1. The first-order valence-electron chi connectivity index (χ1n) is 8.98. The Labute approximate surface area is 165 Å². The lowest BCUT2D eigenvalue weighted by Gasteiger charge is -2.13. The fourth-order valence-corrected chi connectivity index (χ4v) is 2.54. The van der Waals surface area contributed by atoms with Crippen LogP contribution >= 0.6 is 0 Å². The van der Waals surface area contributed by atoms with Gasteiger partial charge in [0.25, 0.3) is 5.91 Å². The molecule has 28 heavy (non-hydrogen) atoms. The molecule has 6 nitrogen and oxygen atoms in total. The van der Waals surface area contributed by atoms with E-state index in [9.17, 15) is 9.59 Å². The molecule has 0 saturated carbocycles.